The van der Waals surface area contributed by atoms with Gasteiger partial charge < -0.3 is 50.3 Å². The van der Waals surface area contributed by atoms with Crippen molar-refractivity contribution < 1.29 is 57.6 Å². The number of rotatable bonds is 33. The molecule has 54 heavy (non-hydrogen) atoms. The molecule has 1 rings (SSSR count). The summed E-state index contributed by atoms with van der Waals surface area (Å²) >= 11 is 0. The van der Waals surface area contributed by atoms with Gasteiger partial charge in [0.1, 0.15) is 25.0 Å². The lowest BCUT2D eigenvalue weighted by atomic mass is 9.84. The zero-order valence-electron chi connectivity index (χ0n) is 31.6. The molecule has 1 radical (unpaired) electrons. The normalized spacial score (nSPS) is 12.4. The molecule has 305 valence electrons. The highest BCUT2D eigenvalue weighted by Crippen LogP contribution is 2.21. The number of carboxylic acid groups (broad SMARTS) is 1. The summed E-state index contributed by atoms with van der Waals surface area (Å²) in [5.74, 6) is -4.04. The van der Waals surface area contributed by atoms with Crippen molar-refractivity contribution in [1.29, 1.82) is 0 Å². The van der Waals surface area contributed by atoms with Crippen molar-refractivity contribution in [2.24, 2.45) is 5.92 Å². The number of aliphatic carboxylic acids is 1. The smallest absolute Gasteiger partial charge is 0.303 e. The topological polar surface area (TPSA) is 277 Å². The number of carboxylic acids is 1. The lowest BCUT2D eigenvalue weighted by molar-refractivity contribution is -0.139. The van der Waals surface area contributed by atoms with E-state index >= 15 is 0 Å². The van der Waals surface area contributed by atoms with Gasteiger partial charge in [-0.25, -0.2) is 10.7 Å². The van der Waals surface area contributed by atoms with Crippen LogP contribution in [-0.2, 0) is 58.9 Å². The maximum Gasteiger partial charge on any atom is 0.303 e. The molecular weight excluding hydrogens is 710 g/mol. The highest BCUT2D eigenvalue weighted by atomic mass is 16.5. The Morgan fingerprint density at radius 3 is 1.94 bits per heavy atom. The number of hydrogen-bond donors (Lipinski definition) is 6. The van der Waals surface area contributed by atoms with Crippen LogP contribution in [0.3, 0.4) is 0 Å². The first-order valence-electron chi connectivity index (χ1n) is 18.1. The molecule has 0 spiro atoms. The Labute approximate surface area is 315 Å². The van der Waals surface area contributed by atoms with Crippen LogP contribution in [0.5, 0.6) is 0 Å². The third-order valence-corrected chi connectivity index (χ3v) is 7.87. The largest absolute Gasteiger partial charge is 0.481 e. The van der Waals surface area contributed by atoms with Gasteiger partial charge in [-0.15, -0.1) is 0 Å². The fourth-order valence-corrected chi connectivity index (χ4v) is 4.73. The number of carbonyl (C=O) groups is 7. The van der Waals surface area contributed by atoms with Crippen LogP contribution < -0.4 is 27.0 Å². The summed E-state index contributed by atoms with van der Waals surface area (Å²) < 4.78 is 21.2. The molecule has 7 N–H and O–H groups in total. The van der Waals surface area contributed by atoms with Crippen molar-refractivity contribution in [3.8, 4) is 0 Å². The van der Waals surface area contributed by atoms with Gasteiger partial charge >= 0.3 is 5.97 Å². The number of imidazole rings is 1. The quantitative estimate of drug-likeness (QED) is 0.0493. The molecule has 0 aliphatic heterocycles. The van der Waals surface area contributed by atoms with E-state index in [-0.39, 0.29) is 102 Å². The first-order chi connectivity index (χ1) is 25.7. The Hall–Kier alpha value is -4.30. The molecule has 0 bridgehead atoms. The Morgan fingerprint density at radius 2 is 1.39 bits per heavy atom. The number of H-pyrrole nitrogens is 1. The Bertz CT molecular complexity index is 1290. The molecule has 2 atom stereocenters. The Kier molecular flexibility index (Phi) is 24.9. The number of ketones is 2. The summed E-state index contributed by atoms with van der Waals surface area (Å²) in [4.78, 5) is 91.5. The summed E-state index contributed by atoms with van der Waals surface area (Å²) in [6, 6.07) is -1.19. The molecule has 0 aliphatic rings. The molecule has 0 fully saturated rings. The lowest BCUT2D eigenvalue weighted by Gasteiger charge is -2.28. The zero-order chi connectivity index (χ0) is 40.2. The van der Waals surface area contributed by atoms with E-state index < -0.39 is 35.2 Å². The molecule has 0 aromatic carbocycles. The fraction of sp³-hybridized carbons (Fsp3) is 0.714. The third-order valence-electron chi connectivity index (χ3n) is 7.87. The molecule has 0 saturated heterocycles. The van der Waals surface area contributed by atoms with Gasteiger partial charge in [-0.05, 0) is 26.7 Å². The van der Waals surface area contributed by atoms with Gasteiger partial charge in [0.25, 0.3) is 0 Å². The van der Waals surface area contributed by atoms with Gasteiger partial charge in [0, 0.05) is 63.1 Å². The van der Waals surface area contributed by atoms with Crippen LogP contribution in [-0.4, -0.2) is 140 Å². The number of Topliss-reactive ketones (excluding diaryl/α,β-unsaturated/α-hetero) is 2. The number of carbonyl (C=O) groups excluding carboxylic acids is 6. The minimum absolute atomic E-state index is 0.0456. The van der Waals surface area contributed by atoms with E-state index in [1.165, 1.54) is 26.4 Å². The molecule has 1 aromatic heterocycles. The number of aromatic nitrogens is 2. The monoisotopic (exact) mass is 768 g/mol. The molecule has 0 aliphatic carbocycles. The standard InChI is InChI=1S/C35H58N7O12/c1-4-30(45)39-11-13-51-15-18-54-23-32(47)40-12-14-52-16-17-53-22-31(46)38-10-6-5-7-25(28(43)8-9-33(48)49)19-29(44)35(2,3)42-34(50)27(36)20-26-21-37-24-41-26/h21,24-25,27,36H,4-20,22-23H2,1-3H3,(H,37,41)(H,38,46)(H,39,45)(H,40,47)(H,42,50)(H,48,49)/t25-,27+/m1/s1. The number of amides is 4. The average molecular weight is 769 g/mol. The number of ether oxygens (including phenoxy) is 4. The van der Waals surface area contributed by atoms with Crippen molar-refractivity contribution in [3.05, 3.63) is 18.2 Å². The van der Waals surface area contributed by atoms with Crippen LogP contribution in [0.2, 0.25) is 0 Å². The molecule has 19 heteroatoms. The van der Waals surface area contributed by atoms with E-state index in [4.69, 9.17) is 29.8 Å². The third kappa shape index (κ3) is 23.4. The number of nitrogens with zero attached hydrogens (tertiary/aromatic N) is 1. The molecule has 0 saturated carbocycles. The van der Waals surface area contributed by atoms with E-state index in [2.05, 4.69) is 31.2 Å². The zero-order valence-corrected chi connectivity index (χ0v) is 31.6. The first kappa shape index (κ1) is 47.7. The molecular formula is C35H58N7O12. The van der Waals surface area contributed by atoms with E-state index in [1.54, 1.807) is 6.92 Å². The van der Waals surface area contributed by atoms with Gasteiger partial charge in [0.15, 0.2) is 5.78 Å². The van der Waals surface area contributed by atoms with Crippen molar-refractivity contribution in [1.82, 2.24) is 37.0 Å². The Balaban J connectivity index is 2.23. The SMILES string of the molecule is CCC(=O)NCCOCCOCC(=O)NCCOCCOCC(=O)NCCCC[C@H](CC(=O)C(C)(C)NC(=O)[C@@H]([NH])Cc1cnc[nH]1)C(=O)CCC(=O)O. The number of aromatic amines is 1. The first-order valence-corrected chi connectivity index (χ1v) is 18.1. The van der Waals surface area contributed by atoms with Crippen LogP contribution in [0.25, 0.3) is 0 Å². The van der Waals surface area contributed by atoms with Gasteiger partial charge in [-0.3, -0.25) is 33.6 Å². The second-order valence-electron chi connectivity index (χ2n) is 12.9. The van der Waals surface area contributed by atoms with E-state index in [1.807, 2.05) is 0 Å². The minimum atomic E-state index is -1.37. The summed E-state index contributed by atoms with van der Waals surface area (Å²) in [7, 11) is 0. The van der Waals surface area contributed by atoms with Crippen LogP contribution >= 0.6 is 0 Å². The minimum Gasteiger partial charge on any atom is -0.481 e. The molecule has 4 amide bonds. The highest BCUT2D eigenvalue weighted by Gasteiger charge is 2.34. The molecule has 19 nitrogen and oxygen atoms in total. The van der Waals surface area contributed by atoms with Gasteiger partial charge in [0.2, 0.25) is 23.6 Å². The summed E-state index contributed by atoms with van der Waals surface area (Å²) in [6.07, 6.45) is 3.86. The van der Waals surface area contributed by atoms with Crippen molar-refractivity contribution in [2.75, 3.05) is 72.5 Å². The fourth-order valence-electron chi connectivity index (χ4n) is 4.73. The highest BCUT2D eigenvalue weighted by molar-refractivity contribution is 5.96. The Morgan fingerprint density at radius 1 is 0.815 bits per heavy atom. The number of hydrogen-bond acceptors (Lipinski definition) is 12. The molecule has 1 aromatic rings. The van der Waals surface area contributed by atoms with E-state index in [9.17, 15) is 33.6 Å². The van der Waals surface area contributed by atoms with Crippen LogP contribution in [0, 0.1) is 5.92 Å². The average Bonchev–Trinajstić information content (AvgIpc) is 3.64. The van der Waals surface area contributed by atoms with Crippen molar-refractivity contribution in [2.45, 2.75) is 83.7 Å². The van der Waals surface area contributed by atoms with Crippen LogP contribution in [0.1, 0.15) is 71.4 Å². The maximum atomic E-state index is 13.2. The van der Waals surface area contributed by atoms with Crippen LogP contribution in [0.15, 0.2) is 12.5 Å². The second-order valence-corrected chi connectivity index (χ2v) is 12.9. The predicted molar refractivity (Wildman–Crippen MR) is 193 cm³/mol. The van der Waals surface area contributed by atoms with E-state index in [0.717, 1.165) is 0 Å². The lowest BCUT2D eigenvalue weighted by Crippen LogP contribution is -2.54. The number of unbranched alkanes of at least 4 members (excludes halogenated alkanes) is 1. The van der Waals surface area contributed by atoms with Crippen LogP contribution in [0.4, 0.5) is 0 Å². The molecule has 1 heterocycles. The van der Waals surface area contributed by atoms with Gasteiger partial charge in [0.05, 0.1) is 57.9 Å². The van der Waals surface area contributed by atoms with E-state index in [0.29, 0.717) is 51.3 Å². The summed E-state index contributed by atoms with van der Waals surface area (Å²) in [5, 5.41) is 19.7. The summed E-state index contributed by atoms with van der Waals surface area (Å²) in [5.41, 5.74) is 7.36. The van der Waals surface area contributed by atoms with Crippen molar-refractivity contribution >= 4 is 41.2 Å². The predicted octanol–water partition coefficient (Wildman–Crippen LogP) is -0.497. The summed E-state index contributed by atoms with van der Waals surface area (Å²) in [6.45, 7) is 6.92. The number of nitrogens with one attached hydrogen (secondary N) is 6. The van der Waals surface area contributed by atoms with Gasteiger partial charge in [-0.2, -0.15) is 0 Å². The maximum absolute atomic E-state index is 13.2. The molecule has 0 unspecified atom stereocenters. The van der Waals surface area contributed by atoms with Gasteiger partial charge in [-0.1, -0.05) is 13.3 Å². The second kappa shape index (κ2) is 28.2. The van der Waals surface area contributed by atoms with Crippen molar-refractivity contribution in [3.63, 3.8) is 0 Å².